The maximum atomic E-state index is 12.7. The third-order valence-corrected chi connectivity index (χ3v) is 3.62. The zero-order valence-corrected chi connectivity index (χ0v) is 11.3. The van der Waals surface area contributed by atoms with Crippen LogP contribution in [0.5, 0.6) is 0 Å². The van der Waals surface area contributed by atoms with Gasteiger partial charge in [-0.15, -0.1) is 11.6 Å². The number of carbonyl (C=O) groups excluding carboxylic acids is 1. The molecule has 1 aromatic carbocycles. The molecule has 2 aromatic rings. The molecule has 0 atom stereocenters. The first-order valence-corrected chi connectivity index (χ1v) is 7.05. The van der Waals surface area contributed by atoms with Gasteiger partial charge in [0.2, 0.25) is 0 Å². The fraction of sp³-hybridized carbons (Fsp3) is 0.333. The number of nitrogens with zero attached hydrogens (tertiary/aromatic N) is 2. The van der Waals surface area contributed by atoms with Crippen molar-refractivity contribution in [1.82, 2.24) is 9.88 Å². The summed E-state index contributed by atoms with van der Waals surface area (Å²) >= 11 is 5.81. The van der Waals surface area contributed by atoms with E-state index >= 15 is 0 Å². The quantitative estimate of drug-likeness (QED) is 0.803. The molecule has 0 bridgehead atoms. The first-order chi connectivity index (χ1) is 9.31. The number of hydrogen-bond acceptors (Lipinski definition) is 2. The highest BCUT2D eigenvalue weighted by Gasteiger charge is 2.33. The van der Waals surface area contributed by atoms with E-state index in [1.54, 1.807) is 6.20 Å². The summed E-state index contributed by atoms with van der Waals surface area (Å²) in [6.45, 7) is 0.613. The summed E-state index contributed by atoms with van der Waals surface area (Å²) in [4.78, 5) is 18.9. The molecule has 0 N–H and O–H groups in total. The minimum absolute atomic E-state index is 0.0711. The standard InChI is InChI=1S/C15H15ClN2O/c16-8-10-18(11-6-7-11)15(19)13-3-1-5-14-12(13)4-2-9-17-14/h1-5,9,11H,6-8,10H2. The lowest BCUT2D eigenvalue weighted by atomic mass is 10.1. The number of halogens is 1. The monoisotopic (exact) mass is 274 g/mol. The van der Waals surface area contributed by atoms with Crippen molar-refractivity contribution in [2.75, 3.05) is 12.4 Å². The molecule has 4 heteroatoms. The second kappa shape index (κ2) is 5.17. The van der Waals surface area contributed by atoms with Gasteiger partial charge in [-0.3, -0.25) is 9.78 Å². The molecule has 0 aliphatic heterocycles. The highest BCUT2D eigenvalue weighted by molar-refractivity contribution is 6.18. The summed E-state index contributed by atoms with van der Waals surface area (Å²) in [5.41, 5.74) is 1.58. The van der Waals surface area contributed by atoms with Crippen molar-refractivity contribution >= 4 is 28.4 Å². The van der Waals surface area contributed by atoms with Gasteiger partial charge in [-0.05, 0) is 31.0 Å². The lowest BCUT2D eigenvalue weighted by Crippen LogP contribution is -2.34. The van der Waals surface area contributed by atoms with Gasteiger partial charge in [0, 0.05) is 35.6 Å². The number of benzene rings is 1. The SMILES string of the molecule is O=C(c1cccc2ncccc12)N(CCCl)C1CC1. The Hall–Kier alpha value is -1.61. The zero-order valence-electron chi connectivity index (χ0n) is 10.6. The highest BCUT2D eigenvalue weighted by Crippen LogP contribution is 2.29. The Morgan fingerprint density at radius 2 is 2.16 bits per heavy atom. The van der Waals surface area contributed by atoms with Gasteiger partial charge in [-0.25, -0.2) is 0 Å². The number of fused-ring (bicyclic) bond motifs is 1. The van der Waals surface area contributed by atoms with E-state index in [0.29, 0.717) is 18.5 Å². The number of alkyl halides is 1. The van der Waals surface area contributed by atoms with E-state index < -0.39 is 0 Å². The molecule has 3 rings (SSSR count). The van der Waals surface area contributed by atoms with Crippen LogP contribution in [0.1, 0.15) is 23.2 Å². The second-order valence-electron chi connectivity index (χ2n) is 4.79. The van der Waals surface area contributed by atoms with Gasteiger partial charge in [0.15, 0.2) is 0 Å². The van der Waals surface area contributed by atoms with Crippen LogP contribution in [0.15, 0.2) is 36.5 Å². The van der Waals surface area contributed by atoms with Crippen LogP contribution in [0.3, 0.4) is 0 Å². The highest BCUT2D eigenvalue weighted by atomic mass is 35.5. The van der Waals surface area contributed by atoms with E-state index in [1.807, 2.05) is 35.2 Å². The molecule has 1 aromatic heterocycles. The van der Waals surface area contributed by atoms with Crippen molar-refractivity contribution in [3.05, 3.63) is 42.1 Å². The normalized spacial score (nSPS) is 14.6. The van der Waals surface area contributed by atoms with Crippen LogP contribution >= 0.6 is 11.6 Å². The average molecular weight is 275 g/mol. The van der Waals surface area contributed by atoms with Crippen LogP contribution in [-0.2, 0) is 0 Å². The molecule has 1 heterocycles. The van der Waals surface area contributed by atoms with Crippen molar-refractivity contribution in [1.29, 1.82) is 0 Å². The van der Waals surface area contributed by atoms with Gasteiger partial charge in [0.1, 0.15) is 0 Å². The summed E-state index contributed by atoms with van der Waals surface area (Å²) in [6, 6.07) is 9.86. The lowest BCUT2D eigenvalue weighted by molar-refractivity contribution is 0.0755. The molecule has 0 radical (unpaired) electrons. The molecule has 19 heavy (non-hydrogen) atoms. The summed E-state index contributed by atoms with van der Waals surface area (Å²) in [5, 5.41) is 0.912. The first kappa shape index (κ1) is 12.4. The maximum absolute atomic E-state index is 12.7. The van der Waals surface area contributed by atoms with Crippen molar-refractivity contribution in [3.8, 4) is 0 Å². The fourth-order valence-corrected chi connectivity index (χ4v) is 2.55. The van der Waals surface area contributed by atoms with Gasteiger partial charge in [-0.2, -0.15) is 0 Å². The number of carbonyl (C=O) groups is 1. The summed E-state index contributed by atoms with van der Waals surface area (Å²) < 4.78 is 0. The van der Waals surface area contributed by atoms with Crippen molar-refractivity contribution in [3.63, 3.8) is 0 Å². The van der Waals surface area contributed by atoms with E-state index in [1.165, 1.54) is 0 Å². The van der Waals surface area contributed by atoms with Crippen LogP contribution in [0.4, 0.5) is 0 Å². The predicted molar refractivity (Wildman–Crippen MR) is 76.5 cm³/mol. The number of aromatic nitrogens is 1. The van der Waals surface area contributed by atoms with E-state index in [4.69, 9.17) is 11.6 Å². The predicted octanol–water partition coefficient (Wildman–Crippen LogP) is 3.08. The van der Waals surface area contributed by atoms with Gasteiger partial charge in [-0.1, -0.05) is 12.1 Å². The minimum atomic E-state index is 0.0711. The Morgan fingerprint density at radius 3 is 2.89 bits per heavy atom. The van der Waals surface area contributed by atoms with Gasteiger partial charge < -0.3 is 4.90 Å². The van der Waals surface area contributed by atoms with Gasteiger partial charge in [0.25, 0.3) is 5.91 Å². The molecule has 1 fully saturated rings. The van der Waals surface area contributed by atoms with E-state index in [2.05, 4.69) is 4.98 Å². The summed E-state index contributed by atoms with van der Waals surface area (Å²) in [6.07, 6.45) is 3.92. The van der Waals surface area contributed by atoms with Crippen LogP contribution in [-0.4, -0.2) is 34.3 Å². The topological polar surface area (TPSA) is 33.2 Å². The largest absolute Gasteiger partial charge is 0.334 e. The zero-order chi connectivity index (χ0) is 13.2. The number of pyridine rings is 1. The maximum Gasteiger partial charge on any atom is 0.254 e. The van der Waals surface area contributed by atoms with Crippen LogP contribution in [0.2, 0.25) is 0 Å². The Labute approximate surface area is 117 Å². The Balaban J connectivity index is 2.00. The van der Waals surface area contributed by atoms with Crippen molar-refractivity contribution in [2.45, 2.75) is 18.9 Å². The summed E-state index contributed by atoms with van der Waals surface area (Å²) in [5.74, 6) is 0.549. The van der Waals surface area contributed by atoms with Crippen molar-refractivity contribution in [2.24, 2.45) is 0 Å². The van der Waals surface area contributed by atoms with Gasteiger partial charge in [0.05, 0.1) is 5.52 Å². The molecule has 1 aliphatic rings. The molecule has 1 amide bonds. The van der Waals surface area contributed by atoms with Crippen LogP contribution < -0.4 is 0 Å². The molecule has 0 unspecified atom stereocenters. The lowest BCUT2D eigenvalue weighted by Gasteiger charge is -2.22. The third kappa shape index (κ3) is 2.43. The molecule has 98 valence electrons. The van der Waals surface area contributed by atoms with Gasteiger partial charge >= 0.3 is 0 Å². The Bertz CT molecular complexity index is 605. The minimum Gasteiger partial charge on any atom is -0.334 e. The van der Waals surface area contributed by atoms with Crippen molar-refractivity contribution < 1.29 is 4.79 Å². The number of rotatable bonds is 4. The number of hydrogen-bond donors (Lipinski definition) is 0. The van der Waals surface area contributed by atoms with Crippen LogP contribution in [0.25, 0.3) is 10.9 Å². The first-order valence-electron chi connectivity index (χ1n) is 6.52. The fourth-order valence-electron chi connectivity index (χ4n) is 2.37. The number of amides is 1. The average Bonchev–Trinajstić information content (AvgIpc) is 3.28. The molecule has 3 nitrogen and oxygen atoms in total. The molecule has 1 saturated carbocycles. The third-order valence-electron chi connectivity index (χ3n) is 3.45. The Morgan fingerprint density at radius 1 is 1.32 bits per heavy atom. The van der Waals surface area contributed by atoms with E-state index in [-0.39, 0.29) is 5.91 Å². The van der Waals surface area contributed by atoms with E-state index in [9.17, 15) is 4.79 Å². The molecule has 0 saturated heterocycles. The van der Waals surface area contributed by atoms with E-state index in [0.717, 1.165) is 29.3 Å². The Kier molecular flexibility index (Phi) is 3.38. The smallest absolute Gasteiger partial charge is 0.254 e. The molecular formula is C15H15ClN2O. The van der Waals surface area contributed by atoms with Crippen LogP contribution in [0, 0.1) is 0 Å². The second-order valence-corrected chi connectivity index (χ2v) is 5.17. The molecule has 1 aliphatic carbocycles. The molecular weight excluding hydrogens is 260 g/mol. The molecule has 0 spiro atoms. The summed E-state index contributed by atoms with van der Waals surface area (Å²) in [7, 11) is 0.